The highest BCUT2D eigenvalue weighted by Gasteiger charge is 2.28. The summed E-state index contributed by atoms with van der Waals surface area (Å²) in [5, 5.41) is 12.4. The molecule has 0 saturated heterocycles. The van der Waals surface area contributed by atoms with Gasteiger partial charge in [-0.1, -0.05) is 31.0 Å². The normalized spacial score (nSPS) is 21.2. The molecule has 2 aliphatic carbocycles. The van der Waals surface area contributed by atoms with Gasteiger partial charge in [-0.2, -0.15) is 0 Å². The minimum atomic E-state index is -0.114. The fourth-order valence-corrected chi connectivity index (χ4v) is 3.92. The molecule has 0 unspecified atom stereocenters. The quantitative estimate of drug-likeness (QED) is 0.850. The molecule has 5 nitrogen and oxygen atoms in total. The molecule has 1 aromatic rings. The van der Waals surface area contributed by atoms with Gasteiger partial charge >= 0.3 is 0 Å². The number of carbonyl (C=O) groups excluding carboxylic acids is 1. The van der Waals surface area contributed by atoms with Gasteiger partial charge in [-0.05, 0) is 39.5 Å². The molecular formula is C15H24N4OS. The van der Waals surface area contributed by atoms with E-state index in [0.717, 1.165) is 23.8 Å². The van der Waals surface area contributed by atoms with Crippen LogP contribution in [0.4, 0.5) is 0 Å². The number of amides is 1. The van der Waals surface area contributed by atoms with E-state index in [4.69, 9.17) is 0 Å². The van der Waals surface area contributed by atoms with Gasteiger partial charge in [-0.3, -0.25) is 4.79 Å². The number of aryl methyl sites for hydroxylation is 1. The summed E-state index contributed by atoms with van der Waals surface area (Å²) in [4.78, 5) is 12.1. The zero-order valence-corrected chi connectivity index (χ0v) is 13.7. The molecule has 3 rings (SSSR count). The average Bonchev–Trinajstić information content (AvgIpc) is 3.22. The number of aromatic nitrogens is 3. The number of rotatable bonds is 5. The first-order chi connectivity index (χ1) is 10.1. The molecule has 0 aromatic carbocycles. The first-order valence-electron chi connectivity index (χ1n) is 8.03. The van der Waals surface area contributed by atoms with Crippen molar-refractivity contribution in [3.05, 3.63) is 5.82 Å². The van der Waals surface area contributed by atoms with Crippen molar-refractivity contribution >= 4 is 17.7 Å². The molecule has 21 heavy (non-hydrogen) atoms. The van der Waals surface area contributed by atoms with Crippen molar-refractivity contribution in [1.82, 2.24) is 20.1 Å². The Labute approximate surface area is 130 Å². The van der Waals surface area contributed by atoms with Crippen molar-refractivity contribution in [2.45, 2.75) is 81.3 Å². The number of hydrogen-bond acceptors (Lipinski definition) is 4. The zero-order chi connectivity index (χ0) is 14.8. The summed E-state index contributed by atoms with van der Waals surface area (Å²) in [6.07, 6.45) is 8.56. The number of thioether (sulfide) groups is 1. The van der Waals surface area contributed by atoms with Crippen LogP contribution < -0.4 is 5.32 Å². The van der Waals surface area contributed by atoms with E-state index in [9.17, 15) is 4.79 Å². The van der Waals surface area contributed by atoms with Crippen molar-refractivity contribution in [2.24, 2.45) is 0 Å². The molecule has 2 aliphatic rings. The summed E-state index contributed by atoms with van der Waals surface area (Å²) >= 11 is 1.54. The third-order valence-corrected chi connectivity index (χ3v) is 5.41. The van der Waals surface area contributed by atoms with Gasteiger partial charge in [0.1, 0.15) is 5.82 Å². The van der Waals surface area contributed by atoms with Gasteiger partial charge in [0.05, 0.1) is 5.25 Å². The predicted molar refractivity (Wildman–Crippen MR) is 83.4 cm³/mol. The van der Waals surface area contributed by atoms with Crippen LogP contribution in [0, 0.1) is 6.92 Å². The highest BCUT2D eigenvalue weighted by atomic mass is 32.2. The van der Waals surface area contributed by atoms with Gasteiger partial charge in [-0.25, -0.2) is 0 Å². The Morgan fingerprint density at radius 1 is 1.24 bits per heavy atom. The topological polar surface area (TPSA) is 59.8 Å². The maximum atomic E-state index is 12.1. The molecule has 1 N–H and O–H groups in total. The average molecular weight is 308 g/mol. The second kappa shape index (κ2) is 6.38. The lowest BCUT2D eigenvalue weighted by Crippen LogP contribution is -2.32. The van der Waals surface area contributed by atoms with E-state index in [1.54, 1.807) is 0 Å². The Hall–Kier alpha value is -1.04. The van der Waals surface area contributed by atoms with Gasteiger partial charge in [-0.15, -0.1) is 10.2 Å². The third kappa shape index (κ3) is 3.59. The fraction of sp³-hybridized carbons (Fsp3) is 0.800. The van der Waals surface area contributed by atoms with Crippen molar-refractivity contribution in [1.29, 1.82) is 0 Å². The summed E-state index contributed by atoms with van der Waals surface area (Å²) in [5.41, 5.74) is 0. The molecule has 0 aliphatic heterocycles. The highest BCUT2D eigenvalue weighted by molar-refractivity contribution is 8.00. The van der Waals surface area contributed by atoms with E-state index in [1.807, 2.05) is 13.8 Å². The second-order valence-corrected chi connectivity index (χ2v) is 7.54. The van der Waals surface area contributed by atoms with E-state index in [-0.39, 0.29) is 11.2 Å². The second-order valence-electron chi connectivity index (χ2n) is 6.23. The molecule has 1 aromatic heterocycles. The minimum absolute atomic E-state index is 0.114. The highest BCUT2D eigenvalue weighted by Crippen LogP contribution is 2.33. The summed E-state index contributed by atoms with van der Waals surface area (Å²) in [6, 6.07) is 0.924. The van der Waals surface area contributed by atoms with Gasteiger partial charge in [0.25, 0.3) is 0 Å². The Balaban J connectivity index is 1.68. The minimum Gasteiger partial charge on any atom is -0.352 e. The van der Waals surface area contributed by atoms with Crippen molar-refractivity contribution in [3.63, 3.8) is 0 Å². The Kier molecular flexibility index (Phi) is 4.52. The van der Waals surface area contributed by atoms with E-state index < -0.39 is 0 Å². The van der Waals surface area contributed by atoms with Crippen molar-refractivity contribution in [2.75, 3.05) is 0 Å². The predicted octanol–water partition coefficient (Wildman–Crippen LogP) is 2.85. The van der Waals surface area contributed by atoms with Crippen LogP contribution in [0.3, 0.4) is 0 Å². The van der Waals surface area contributed by atoms with Crippen LogP contribution in [0.2, 0.25) is 0 Å². The van der Waals surface area contributed by atoms with E-state index in [2.05, 4.69) is 20.1 Å². The molecule has 116 valence electrons. The van der Waals surface area contributed by atoms with E-state index in [1.165, 1.54) is 43.9 Å². The molecule has 2 saturated carbocycles. The number of nitrogens with zero attached hydrogens (tertiary/aromatic N) is 3. The smallest absolute Gasteiger partial charge is 0.233 e. The van der Waals surface area contributed by atoms with Crippen molar-refractivity contribution < 1.29 is 4.79 Å². The SMILES string of the molecule is Cc1nnc(S[C@@H](C)C(=O)NC2CC2)n1C1CCCCC1. The van der Waals surface area contributed by atoms with Crippen LogP contribution in [0.1, 0.15) is 63.7 Å². The number of hydrogen-bond donors (Lipinski definition) is 1. The lowest BCUT2D eigenvalue weighted by atomic mass is 9.95. The van der Waals surface area contributed by atoms with Gasteiger partial charge in [0, 0.05) is 12.1 Å². The zero-order valence-electron chi connectivity index (χ0n) is 12.8. The molecule has 6 heteroatoms. The molecule has 2 fully saturated rings. The molecule has 0 spiro atoms. The fourth-order valence-electron chi connectivity index (χ4n) is 2.95. The number of carbonyl (C=O) groups is 1. The number of nitrogens with one attached hydrogen (secondary N) is 1. The standard InChI is InChI=1S/C15H24N4OS/c1-10(14(20)16-12-8-9-12)21-15-18-17-11(2)19(15)13-6-4-3-5-7-13/h10,12-13H,3-9H2,1-2H3,(H,16,20)/t10-/m0/s1. The summed E-state index contributed by atoms with van der Waals surface area (Å²) < 4.78 is 2.25. The summed E-state index contributed by atoms with van der Waals surface area (Å²) in [6.45, 7) is 3.97. The van der Waals surface area contributed by atoms with Crippen LogP contribution in [-0.4, -0.2) is 32.0 Å². The Morgan fingerprint density at radius 3 is 2.62 bits per heavy atom. The summed E-state index contributed by atoms with van der Waals surface area (Å²) in [5.74, 6) is 1.09. The van der Waals surface area contributed by atoms with Gasteiger partial charge in [0.15, 0.2) is 5.16 Å². The van der Waals surface area contributed by atoms with Crippen LogP contribution >= 0.6 is 11.8 Å². The molecule has 0 bridgehead atoms. The van der Waals surface area contributed by atoms with E-state index >= 15 is 0 Å². The maximum Gasteiger partial charge on any atom is 0.233 e. The van der Waals surface area contributed by atoms with E-state index in [0.29, 0.717) is 12.1 Å². The first kappa shape index (κ1) is 14.9. The maximum absolute atomic E-state index is 12.1. The Bertz CT molecular complexity index is 506. The Morgan fingerprint density at radius 2 is 1.95 bits per heavy atom. The lowest BCUT2D eigenvalue weighted by molar-refractivity contribution is -0.120. The van der Waals surface area contributed by atoms with Crippen molar-refractivity contribution in [3.8, 4) is 0 Å². The molecular weight excluding hydrogens is 284 g/mol. The molecule has 1 amide bonds. The van der Waals surface area contributed by atoms with Gasteiger partial charge < -0.3 is 9.88 Å². The van der Waals surface area contributed by atoms with Crippen LogP contribution in [-0.2, 0) is 4.79 Å². The third-order valence-electron chi connectivity index (χ3n) is 4.35. The van der Waals surface area contributed by atoms with Crippen LogP contribution in [0.25, 0.3) is 0 Å². The van der Waals surface area contributed by atoms with Gasteiger partial charge in [0.2, 0.25) is 5.91 Å². The molecule has 0 radical (unpaired) electrons. The van der Waals surface area contributed by atoms with Crippen LogP contribution in [0.15, 0.2) is 5.16 Å². The monoisotopic (exact) mass is 308 g/mol. The molecule has 1 heterocycles. The largest absolute Gasteiger partial charge is 0.352 e. The molecule has 1 atom stereocenters. The lowest BCUT2D eigenvalue weighted by Gasteiger charge is -2.25. The first-order valence-corrected chi connectivity index (χ1v) is 8.91. The summed E-state index contributed by atoms with van der Waals surface area (Å²) in [7, 11) is 0. The van der Waals surface area contributed by atoms with Crippen LogP contribution in [0.5, 0.6) is 0 Å².